The molecule has 2 rings (SSSR count). The van der Waals surface area contributed by atoms with Gasteiger partial charge in [-0.05, 0) is 41.8 Å². The van der Waals surface area contributed by atoms with E-state index in [2.05, 4.69) is 15.9 Å². The molecular weight excluding hydrogens is 345 g/mol. The Morgan fingerprint density at radius 3 is 2.24 bits per heavy atom. The molecule has 5 heteroatoms. The molecule has 21 heavy (non-hydrogen) atoms. The van der Waals surface area contributed by atoms with Gasteiger partial charge in [0, 0.05) is 10.4 Å². The first kappa shape index (κ1) is 16.0. The summed E-state index contributed by atoms with van der Waals surface area (Å²) in [7, 11) is 0. The highest BCUT2D eigenvalue weighted by Crippen LogP contribution is 2.30. The monoisotopic (exact) mass is 358 g/mol. The van der Waals surface area contributed by atoms with E-state index in [-0.39, 0.29) is 12.5 Å². The summed E-state index contributed by atoms with van der Waals surface area (Å²) >= 11 is 3.37. The van der Waals surface area contributed by atoms with Crippen molar-refractivity contribution in [1.29, 1.82) is 0 Å². The van der Waals surface area contributed by atoms with Gasteiger partial charge < -0.3 is 5.11 Å². The standard InChI is InChI=1S/C16H14BrF3O/c17-15-3-1-2-12(9-15)13(10-21)8-11-4-6-14(7-5-11)16(18,19)20/h1-7,9,13,21H,8,10H2. The van der Waals surface area contributed by atoms with E-state index in [1.165, 1.54) is 12.1 Å². The van der Waals surface area contributed by atoms with Crippen molar-refractivity contribution in [1.82, 2.24) is 0 Å². The summed E-state index contributed by atoms with van der Waals surface area (Å²) in [6, 6.07) is 12.6. The van der Waals surface area contributed by atoms with Gasteiger partial charge in [-0.3, -0.25) is 0 Å². The quantitative estimate of drug-likeness (QED) is 0.833. The van der Waals surface area contributed by atoms with Crippen LogP contribution in [0, 0.1) is 0 Å². The van der Waals surface area contributed by atoms with E-state index in [1.807, 2.05) is 24.3 Å². The molecule has 2 aromatic carbocycles. The molecule has 0 fully saturated rings. The largest absolute Gasteiger partial charge is 0.416 e. The van der Waals surface area contributed by atoms with Gasteiger partial charge in [0.25, 0.3) is 0 Å². The van der Waals surface area contributed by atoms with Crippen molar-refractivity contribution in [3.05, 3.63) is 69.7 Å². The Hall–Kier alpha value is -1.33. The van der Waals surface area contributed by atoms with E-state index in [0.29, 0.717) is 6.42 Å². The highest BCUT2D eigenvalue weighted by atomic mass is 79.9. The Morgan fingerprint density at radius 1 is 1.05 bits per heavy atom. The molecule has 0 aromatic heterocycles. The van der Waals surface area contributed by atoms with Gasteiger partial charge in [0.1, 0.15) is 0 Å². The minimum absolute atomic E-state index is 0.0581. The fourth-order valence-electron chi connectivity index (χ4n) is 2.16. The molecule has 2 aromatic rings. The molecular formula is C16H14BrF3O. The summed E-state index contributed by atoms with van der Waals surface area (Å²) in [6.07, 6.45) is -3.83. The lowest BCUT2D eigenvalue weighted by atomic mass is 9.92. The van der Waals surface area contributed by atoms with Gasteiger partial charge in [-0.25, -0.2) is 0 Å². The summed E-state index contributed by atoms with van der Waals surface area (Å²) in [5.41, 5.74) is 1.06. The summed E-state index contributed by atoms with van der Waals surface area (Å²) in [5.74, 6) is -0.140. The molecule has 0 heterocycles. The highest BCUT2D eigenvalue weighted by Gasteiger charge is 2.30. The van der Waals surface area contributed by atoms with Gasteiger partial charge in [-0.1, -0.05) is 40.2 Å². The molecule has 0 saturated carbocycles. The molecule has 112 valence electrons. The van der Waals surface area contributed by atoms with Crippen LogP contribution < -0.4 is 0 Å². The van der Waals surface area contributed by atoms with Crippen LogP contribution in [0.5, 0.6) is 0 Å². The fraction of sp³-hybridized carbons (Fsp3) is 0.250. The molecule has 1 unspecified atom stereocenters. The first-order chi connectivity index (χ1) is 9.90. The molecule has 1 N–H and O–H groups in total. The average Bonchev–Trinajstić information content (AvgIpc) is 2.44. The van der Waals surface area contributed by atoms with Crippen molar-refractivity contribution in [2.75, 3.05) is 6.61 Å². The van der Waals surface area contributed by atoms with Crippen molar-refractivity contribution in [2.24, 2.45) is 0 Å². The molecule has 0 aliphatic carbocycles. The van der Waals surface area contributed by atoms with Crippen LogP contribution >= 0.6 is 15.9 Å². The number of aliphatic hydroxyl groups is 1. The topological polar surface area (TPSA) is 20.2 Å². The zero-order valence-electron chi connectivity index (χ0n) is 11.1. The Balaban J connectivity index is 2.15. The predicted octanol–water partition coefficient (Wildman–Crippen LogP) is 4.79. The Kier molecular flexibility index (Phi) is 5.06. The zero-order valence-corrected chi connectivity index (χ0v) is 12.7. The number of aliphatic hydroxyl groups excluding tert-OH is 1. The molecule has 0 radical (unpaired) electrons. The Bertz CT molecular complexity index is 593. The van der Waals surface area contributed by atoms with Crippen molar-refractivity contribution >= 4 is 15.9 Å². The van der Waals surface area contributed by atoms with Crippen LogP contribution in [0.25, 0.3) is 0 Å². The van der Waals surface area contributed by atoms with E-state index in [0.717, 1.165) is 27.7 Å². The lowest BCUT2D eigenvalue weighted by molar-refractivity contribution is -0.137. The normalized spacial score (nSPS) is 13.2. The van der Waals surface area contributed by atoms with Crippen molar-refractivity contribution in [2.45, 2.75) is 18.5 Å². The SMILES string of the molecule is OCC(Cc1ccc(C(F)(F)F)cc1)c1cccc(Br)c1. The van der Waals surface area contributed by atoms with Crippen LogP contribution in [-0.2, 0) is 12.6 Å². The van der Waals surface area contributed by atoms with Gasteiger partial charge in [0.05, 0.1) is 12.2 Å². The third-order valence-electron chi connectivity index (χ3n) is 3.30. The summed E-state index contributed by atoms with van der Waals surface area (Å²) in [5, 5.41) is 9.52. The molecule has 0 spiro atoms. The maximum Gasteiger partial charge on any atom is 0.416 e. The van der Waals surface area contributed by atoms with Crippen molar-refractivity contribution in [3.8, 4) is 0 Å². The van der Waals surface area contributed by atoms with E-state index < -0.39 is 11.7 Å². The molecule has 0 aliphatic rings. The van der Waals surface area contributed by atoms with Crippen LogP contribution in [0.2, 0.25) is 0 Å². The zero-order chi connectivity index (χ0) is 15.5. The van der Waals surface area contributed by atoms with Crippen LogP contribution in [0.15, 0.2) is 53.0 Å². The van der Waals surface area contributed by atoms with Gasteiger partial charge in [-0.15, -0.1) is 0 Å². The molecule has 0 amide bonds. The average molecular weight is 359 g/mol. The number of alkyl halides is 3. The number of hydrogen-bond donors (Lipinski definition) is 1. The molecule has 0 bridgehead atoms. The van der Waals surface area contributed by atoms with E-state index in [9.17, 15) is 18.3 Å². The first-order valence-electron chi connectivity index (χ1n) is 6.42. The molecule has 0 aliphatic heterocycles. The van der Waals surface area contributed by atoms with Gasteiger partial charge in [0.2, 0.25) is 0 Å². The van der Waals surface area contributed by atoms with E-state index >= 15 is 0 Å². The molecule has 1 atom stereocenters. The van der Waals surface area contributed by atoms with Crippen molar-refractivity contribution < 1.29 is 18.3 Å². The second-order valence-corrected chi connectivity index (χ2v) is 5.75. The fourth-order valence-corrected chi connectivity index (χ4v) is 2.58. The Morgan fingerprint density at radius 2 is 1.71 bits per heavy atom. The van der Waals surface area contributed by atoms with Crippen LogP contribution in [0.4, 0.5) is 13.2 Å². The first-order valence-corrected chi connectivity index (χ1v) is 7.22. The van der Waals surface area contributed by atoms with Crippen LogP contribution in [0.3, 0.4) is 0 Å². The van der Waals surface area contributed by atoms with Gasteiger partial charge in [-0.2, -0.15) is 13.2 Å². The predicted molar refractivity (Wildman–Crippen MR) is 79.1 cm³/mol. The lowest BCUT2D eigenvalue weighted by Crippen LogP contribution is -2.09. The van der Waals surface area contributed by atoms with Gasteiger partial charge >= 0.3 is 6.18 Å². The molecule has 1 nitrogen and oxygen atoms in total. The second-order valence-electron chi connectivity index (χ2n) is 4.83. The maximum absolute atomic E-state index is 12.5. The van der Waals surface area contributed by atoms with E-state index in [1.54, 1.807) is 0 Å². The number of benzene rings is 2. The number of rotatable bonds is 4. The highest BCUT2D eigenvalue weighted by molar-refractivity contribution is 9.10. The lowest BCUT2D eigenvalue weighted by Gasteiger charge is -2.16. The molecule has 0 saturated heterocycles. The number of hydrogen-bond acceptors (Lipinski definition) is 1. The third-order valence-corrected chi connectivity index (χ3v) is 3.80. The van der Waals surface area contributed by atoms with Crippen LogP contribution in [-0.4, -0.2) is 11.7 Å². The maximum atomic E-state index is 12.5. The van der Waals surface area contributed by atoms with Crippen LogP contribution in [0.1, 0.15) is 22.6 Å². The summed E-state index contributed by atoms with van der Waals surface area (Å²) < 4.78 is 38.4. The summed E-state index contributed by atoms with van der Waals surface area (Å²) in [6.45, 7) is -0.0581. The smallest absolute Gasteiger partial charge is 0.396 e. The minimum atomic E-state index is -4.32. The summed E-state index contributed by atoms with van der Waals surface area (Å²) in [4.78, 5) is 0. The Labute approximate surface area is 129 Å². The van der Waals surface area contributed by atoms with Gasteiger partial charge in [0.15, 0.2) is 0 Å². The van der Waals surface area contributed by atoms with Crippen molar-refractivity contribution in [3.63, 3.8) is 0 Å². The minimum Gasteiger partial charge on any atom is -0.396 e. The number of halogens is 4. The third kappa shape index (κ3) is 4.32. The van der Waals surface area contributed by atoms with E-state index in [4.69, 9.17) is 0 Å². The second kappa shape index (κ2) is 6.62.